The van der Waals surface area contributed by atoms with Gasteiger partial charge in [-0.2, -0.15) is 0 Å². The van der Waals surface area contributed by atoms with Crippen molar-refractivity contribution in [2.45, 2.75) is 24.2 Å². The van der Waals surface area contributed by atoms with E-state index in [2.05, 4.69) is 9.88 Å². The molecule has 2 aromatic carbocycles. The Balaban J connectivity index is 0.00000341. The van der Waals surface area contributed by atoms with Crippen LogP contribution in [0.25, 0.3) is 10.2 Å². The number of carbonyl (C=O) groups excluding carboxylic acids is 1. The minimum absolute atomic E-state index is 0. The van der Waals surface area contributed by atoms with Crippen molar-refractivity contribution in [2.24, 2.45) is 0 Å². The Morgan fingerprint density at radius 2 is 1.74 bits per heavy atom. The molecule has 0 N–H and O–H groups in total. The van der Waals surface area contributed by atoms with Crippen molar-refractivity contribution in [3.05, 3.63) is 54.1 Å². The van der Waals surface area contributed by atoms with Crippen molar-refractivity contribution in [1.82, 2.24) is 9.88 Å². The molecule has 3 rings (SSSR count). The molecule has 31 heavy (non-hydrogen) atoms. The molecule has 0 aliphatic carbocycles. The van der Waals surface area contributed by atoms with E-state index in [1.165, 1.54) is 35.6 Å². The number of hydrogen-bond donors (Lipinski definition) is 0. The number of aromatic nitrogens is 1. The molecule has 0 spiro atoms. The Morgan fingerprint density at radius 1 is 1.03 bits per heavy atom. The van der Waals surface area contributed by atoms with E-state index >= 15 is 0 Å². The number of thioether (sulfide) groups is 1. The van der Waals surface area contributed by atoms with Gasteiger partial charge in [0.1, 0.15) is 11.6 Å². The van der Waals surface area contributed by atoms with E-state index in [1.54, 1.807) is 34.9 Å². The van der Waals surface area contributed by atoms with Gasteiger partial charge in [-0.3, -0.25) is 9.69 Å². The topological polar surface area (TPSA) is 36.4 Å². The molecule has 1 heterocycles. The van der Waals surface area contributed by atoms with Crippen molar-refractivity contribution in [3.8, 4) is 0 Å². The van der Waals surface area contributed by atoms with Gasteiger partial charge in [-0.15, -0.1) is 24.2 Å². The van der Waals surface area contributed by atoms with E-state index in [9.17, 15) is 13.6 Å². The molecule has 0 saturated heterocycles. The van der Waals surface area contributed by atoms with Crippen LogP contribution in [0, 0.1) is 11.6 Å². The number of nitrogens with zero attached hydrogens (tertiary/aromatic N) is 3. The third-order valence-electron chi connectivity index (χ3n) is 4.48. The summed E-state index contributed by atoms with van der Waals surface area (Å²) in [6.07, 6.45) is 1.94. The molecular formula is C22H26ClF2N3OS2. The predicted molar refractivity (Wildman–Crippen MR) is 129 cm³/mol. The quantitative estimate of drug-likeness (QED) is 0.266. The minimum Gasteiger partial charge on any atom is -0.309 e. The summed E-state index contributed by atoms with van der Waals surface area (Å²) < 4.78 is 27.3. The van der Waals surface area contributed by atoms with Crippen molar-refractivity contribution in [2.75, 3.05) is 37.8 Å². The molecule has 0 fully saturated rings. The molecule has 1 aromatic heterocycles. The molecule has 1 amide bonds. The summed E-state index contributed by atoms with van der Waals surface area (Å²) in [5.41, 5.74) is 0.702. The average Bonchev–Trinajstić information content (AvgIpc) is 3.12. The lowest BCUT2D eigenvalue weighted by Crippen LogP contribution is -2.33. The van der Waals surface area contributed by atoms with Gasteiger partial charge in [0.15, 0.2) is 5.13 Å². The van der Waals surface area contributed by atoms with Gasteiger partial charge in [-0.05, 0) is 81.7 Å². The largest absolute Gasteiger partial charge is 0.309 e. The zero-order valence-corrected chi connectivity index (χ0v) is 20.0. The highest BCUT2D eigenvalue weighted by atomic mass is 35.5. The maximum Gasteiger partial charge on any atom is 0.228 e. The first kappa shape index (κ1) is 25.5. The number of hydrogen-bond acceptors (Lipinski definition) is 5. The predicted octanol–water partition coefficient (Wildman–Crippen LogP) is 5.85. The molecule has 0 atom stereocenters. The number of benzene rings is 2. The molecule has 9 heteroatoms. The zero-order valence-electron chi connectivity index (χ0n) is 17.5. The Kier molecular flexibility index (Phi) is 10.2. The number of rotatable bonds is 10. The maximum atomic E-state index is 13.5. The number of halogens is 3. The standard InChI is InChI=1S/C22H25F2N3OS2.ClH/c1-26(2)12-4-13-27(22-25-19-11-8-17(24)15-20(19)30-22)21(28)5-3-14-29-18-9-6-16(23)7-10-18;/h6-11,15H,3-5,12-14H2,1-2H3;1H. The Hall–Kier alpha value is -1.74. The average molecular weight is 486 g/mol. The molecule has 0 unspecified atom stereocenters. The lowest BCUT2D eigenvalue weighted by molar-refractivity contribution is -0.118. The minimum atomic E-state index is -0.305. The van der Waals surface area contributed by atoms with E-state index in [1.807, 2.05) is 14.1 Å². The van der Waals surface area contributed by atoms with Crippen LogP contribution in [0.2, 0.25) is 0 Å². The van der Waals surface area contributed by atoms with Crippen LogP contribution < -0.4 is 4.90 Å². The van der Waals surface area contributed by atoms with E-state index in [-0.39, 0.29) is 29.9 Å². The van der Waals surface area contributed by atoms with Gasteiger partial charge in [0.2, 0.25) is 5.91 Å². The fourth-order valence-corrected chi connectivity index (χ4v) is 4.84. The molecule has 4 nitrogen and oxygen atoms in total. The molecule has 168 valence electrons. The highest BCUT2D eigenvalue weighted by molar-refractivity contribution is 7.99. The van der Waals surface area contributed by atoms with Crippen LogP contribution in [0.4, 0.5) is 13.9 Å². The van der Waals surface area contributed by atoms with E-state index in [4.69, 9.17) is 0 Å². The van der Waals surface area contributed by atoms with Gasteiger partial charge in [0.05, 0.1) is 10.2 Å². The second-order valence-corrected chi connectivity index (χ2v) is 9.39. The van der Waals surface area contributed by atoms with Crippen molar-refractivity contribution in [3.63, 3.8) is 0 Å². The van der Waals surface area contributed by atoms with E-state index < -0.39 is 0 Å². The summed E-state index contributed by atoms with van der Waals surface area (Å²) in [7, 11) is 4.00. The second kappa shape index (κ2) is 12.3. The van der Waals surface area contributed by atoms with Gasteiger partial charge in [-0.1, -0.05) is 11.3 Å². The van der Waals surface area contributed by atoms with Gasteiger partial charge in [0, 0.05) is 17.9 Å². The molecule has 0 bridgehead atoms. The first-order valence-corrected chi connectivity index (χ1v) is 11.6. The van der Waals surface area contributed by atoms with Crippen molar-refractivity contribution >= 4 is 56.8 Å². The summed E-state index contributed by atoms with van der Waals surface area (Å²) in [5, 5.41) is 0.616. The number of anilines is 1. The van der Waals surface area contributed by atoms with Crippen LogP contribution in [0.1, 0.15) is 19.3 Å². The first-order chi connectivity index (χ1) is 14.4. The highest BCUT2D eigenvalue weighted by Gasteiger charge is 2.19. The number of carbonyl (C=O) groups is 1. The van der Waals surface area contributed by atoms with Gasteiger partial charge >= 0.3 is 0 Å². The molecule has 0 radical (unpaired) electrons. The third kappa shape index (κ3) is 7.71. The fraction of sp³-hybridized carbons (Fsp3) is 0.364. The van der Waals surface area contributed by atoms with Crippen LogP contribution in [0.5, 0.6) is 0 Å². The van der Waals surface area contributed by atoms with Crippen molar-refractivity contribution in [1.29, 1.82) is 0 Å². The SMILES string of the molecule is CN(C)CCCN(C(=O)CCCSc1ccc(F)cc1)c1nc2ccc(F)cc2s1.Cl. The Bertz CT molecular complexity index is 983. The lowest BCUT2D eigenvalue weighted by atomic mass is 10.3. The summed E-state index contributed by atoms with van der Waals surface area (Å²) in [5.74, 6) is 0.237. The molecule has 0 saturated carbocycles. The first-order valence-electron chi connectivity index (χ1n) is 9.82. The second-order valence-electron chi connectivity index (χ2n) is 7.22. The Morgan fingerprint density at radius 3 is 2.45 bits per heavy atom. The van der Waals surface area contributed by atoms with Crippen LogP contribution in [0.15, 0.2) is 47.4 Å². The van der Waals surface area contributed by atoms with Crippen molar-refractivity contribution < 1.29 is 13.6 Å². The molecule has 0 aliphatic heterocycles. The summed E-state index contributed by atoms with van der Waals surface area (Å²) in [4.78, 5) is 22.3. The van der Waals surface area contributed by atoms with Crippen LogP contribution in [-0.4, -0.2) is 48.7 Å². The lowest BCUT2D eigenvalue weighted by Gasteiger charge is -2.21. The van der Waals surface area contributed by atoms with Gasteiger partial charge < -0.3 is 4.90 Å². The number of fused-ring (bicyclic) bond motifs is 1. The maximum absolute atomic E-state index is 13.5. The molecular weight excluding hydrogens is 460 g/mol. The van der Waals surface area contributed by atoms with Crippen LogP contribution >= 0.6 is 35.5 Å². The highest BCUT2D eigenvalue weighted by Crippen LogP contribution is 2.30. The van der Waals surface area contributed by atoms with Crippen LogP contribution in [-0.2, 0) is 4.79 Å². The monoisotopic (exact) mass is 485 g/mol. The molecule has 3 aromatic rings. The van der Waals surface area contributed by atoms with Crippen LogP contribution in [0.3, 0.4) is 0 Å². The zero-order chi connectivity index (χ0) is 21.5. The normalized spacial score (nSPS) is 11.0. The smallest absolute Gasteiger partial charge is 0.228 e. The fourth-order valence-electron chi connectivity index (χ4n) is 2.95. The summed E-state index contributed by atoms with van der Waals surface area (Å²) >= 11 is 2.95. The third-order valence-corrected chi connectivity index (χ3v) is 6.61. The van der Waals surface area contributed by atoms with Gasteiger partial charge in [0.25, 0.3) is 0 Å². The number of amides is 1. The number of thiazole rings is 1. The Labute approximate surface area is 196 Å². The van der Waals surface area contributed by atoms with E-state index in [0.29, 0.717) is 30.0 Å². The summed E-state index contributed by atoms with van der Waals surface area (Å²) in [6.45, 7) is 1.44. The summed E-state index contributed by atoms with van der Waals surface area (Å²) in [6, 6.07) is 10.9. The molecule has 0 aliphatic rings. The van der Waals surface area contributed by atoms with Gasteiger partial charge in [-0.25, -0.2) is 13.8 Å². The van der Waals surface area contributed by atoms with E-state index in [0.717, 1.165) is 28.3 Å².